The SMILES string of the molecule is CCCCCCN(CCCCCC)c1ccc(-n2c(C)nc(C)cc2=O)cc1F.O=S(=O)(O)O. The van der Waals surface area contributed by atoms with Crippen molar-refractivity contribution in [3.63, 3.8) is 0 Å². The van der Waals surface area contributed by atoms with E-state index in [1.165, 1.54) is 55.2 Å². The quantitative estimate of drug-likeness (QED) is 0.301. The van der Waals surface area contributed by atoms with Gasteiger partial charge in [0.2, 0.25) is 0 Å². The van der Waals surface area contributed by atoms with Crippen molar-refractivity contribution in [2.24, 2.45) is 0 Å². The van der Waals surface area contributed by atoms with Gasteiger partial charge in [-0.1, -0.05) is 52.4 Å². The first-order chi connectivity index (χ1) is 16.0. The summed E-state index contributed by atoms with van der Waals surface area (Å²) in [7, 11) is -4.67. The van der Waals surface area contributed by atoms with E-state index in [9.17, 15) is 4.79 Å². The largest absolute Gasteiger partial charge is 0.394 e. The topological polar surface area (TPSA) is 113 Å². The number of anilines is 1. The Morgan fingerprint density at radius 2 is 1.47 bits per heavy atom. The molecule has 0 amide bonds. The average Bonchev–Trinajstić information content (AvgIpc) is 2.71. The fourth-order valence-corrected chi connectivity index (χ4v) is 3.76. The van der Waals surface area contributed by atoms with Crippen LogP contribution in [0.2, 0.25) is 0 Å². The summed E-state index contributed by atoms with van der Waals surface area (Å²) in [5.74, 6) is 0.290. The molecule has 0 fully saturated rings. The summed E-state index contributed by atoms with van der Waals surface area (Å²) in [5, 5.41) is 0. The van der Waals surface area contributed by atoms with Gasteiger partial charge in [0.25, 0.3) is 5.56 Å². The number of nitrogens with zero attached hydrogens (tertiary/aromatic N) is 3. The minimum absolute atomic E-state index is 0.182. The van der Waals surface area contributed by atoms with Crippen molar-refractivity contribution in [2.45, 2.75) is 79.1 Å². The van der Waals surface area contributed by atoms with Crippen LogP contribution in [-0.2, 0) is 10.4 Å². The zero-order chi connectivity index (χ0) is 25.7. The fraction of sp³-hybridized carbons (Fsp3) is 0.583. The Morgan fingerprint density at radius 3 is 1.91 bits per heavy atom. The number of rotatable bonds is 12. The number of aryl methyl sites for hydroxylation is 2. The van der Waals surface area contributed by atoms with Gasteiger partial charge in [0, 0.05) is 30.9 Å². The molecule has 0 unspecified atom stereocenters. The molecule has 10 heteroatoms. The van der Waals surface area contributed by atoms with Crippen LogP contribution in [-0.4, -0.2) is 40.2 Å². The molecule has 1 aromatic carbocycles. The molecule has 0 saturated heterocycles. The van der Waals surface area contributed by atoms with E-state index in [4.69, 9.17) is 17.5 Å². The van der Waals surface area contributed by atoms with Gasteiger partial charge in [-0.2, -0.15) is 8.42 Å². The molecular weight excluding hydrogens is 461 g/mol. The second-order valence-electron chi connectivity index (χ2n) is 8.31. The summed E-state index contributed by atoms with van der Waals surface area (Å²) in [6.07, 6.45) is 9.31. The lowest BCUT2D eigenvalue weighted by molar-refractivity contribution is 0.381. The Morgan fingerprint density at radius 1 is 0.941 bits per heavy atom. The molecule has 2 aromatic rings. The first-order valence-electron chi connectivity index (χ1n) is 11.8. The number of hydrogen-bond acceptors (Lipinski definition) is 5. The zero-order valence-electron chi connectivity index (χ0n) is 20.6. The van der Waals surface area contributed by atoms with Gasteiger partial charge < -0.3 is 4.90 Å². The third-order valence-electron chi connectivity index (χ3n) is 5.31. The lowest BCUT2D eigenvalue weighted by Gasteiger charge is -2.26. The van der Waals surface area contributed by atoms with E-state index >= 15 is 4.39 Å². The Kier molecular flexibility index (Phi) is 13.0. The summed E-state index contributed by atoms with van der Waals surface area (Å²) in [5.41, 5.74) is 1.65. The molecule has 1 heterocycles. The molecule has 0 aliphatic heterocycles. The van der Waals surface area contributed by atoms with Crippen molar-refractivity contribution in [3.8, 4) is 5.69 Å². The highest BCUT2D eigenvalue weighted by Gasteiger charge is 2.14. The van der Waals surface area contributed by atoms with Crippen molar-refractivity contribution in [1.82, 2.24) is 9.55 Å². The minimum Gasteiger partial charge on any atom is -0.369 e. The Labute approximate surface area is 202 Å². The van der Waals surface area contributed by atoms with Crippen molar-refractivity contribution in [2.75, 3.05) is 18.0 Å². The van der Waals surface area contributed by atoms with E-state index in [1.807, 2.05) is 12.1 Å². The highest BCUT2D eigenvalue weighted by molar-refractivity contribution is 7.79. The minimum atomic E-state index is -4.67. The van der Waals surface area contributed by atoms with Gasteiger partial charge in [-0.05, 0) is 38.8 Å². The number of benzene rings is 1. The molecule has 2 N–H and O–H groups in total. The smallest absolute Gasteiger partial charge is 0.369 e. The molecule has 34 heavy (non-hydrogen) atoms. The Balaban J connectivity index is 0.00000104. The van der Waals surface area contributed by atoms with Gasteiger partial charge in [0.15, 0.2) is 0 Å². The van der Waals surface area contributed by atoms with Crippen LogP contribution in [0.4, 0.5) is 10.1 Å². The maximum Gasteiger partial charge on any atom is 0.394 e. The molecule has 192 valence electrons. The van der Waals surface area contributed by atoms with E-state index in [2.05, 4.69) is 23.7 Å². The van der Waals surface area contributed by atoms with E-state index in [-0.39, 0.29) is 11.4 Å². The van der Waals surface area contributed by atoms with Gasteiger partial charge >= 0.3 is 10.4 Å². The molecule has 0 atom stereocenters. The van der Waals surface area contributed by atoms with Crippen LogP contribution in [0, 0.1) is 19.7 Å². The molecule has 0 bridgehead atoms. The molecule has 0 spiro atoms. The number of unbranched alkanes of at least 4 members (excludes halogenated alkanes) is 6. The lowest BCUT2D eigenvalue weighted by Crippen LogP contribution is -2.27. The number of hydrogen-bond donors (Lipinski definition) is 2. The van der Waals surface area contributed by atoms with Crippen molar-refractivity contribution in [3.05, 3.63) is 52.0 Å². The Bertz CT molecular complexity index is 1040. The van der Waals surface area contributed by atoms with E-state index in [0.717, 1.165) is 25.9 Å². The van der Waals surface area contributed by atoms with Crippen LogP contribution in [0.1, 0.15) is 76.7 Å². The van der Waals surface area contributed by atoms with E-state index in [0.29, 0.717) is 22.9 Å². The van der Waals surface area contributed by atoms with Gasteiger partial charge in [-0.25, -0.2) is 9.37 Å². The molecule has 0 aliphatic carbocycles. The number of halogens is 1. The van der Waals surface area contributed by atoms with E-state index < -0.39 is 10.4 Å². The summed E-state index contributed by atoms with van der Waals surface area (Å²) in [4.78, 5) is 18.9. The first kappa shape index (κ1) is 29.7. The molecule has 0 saturated carbocycles. The highest BCUT2D eigenvalue weighted by Crippen LogP contribution is 2.24. The lowest BCUT2D eigenvalue weighted by atomic mass is 10.1. The molecule has 8 nitrogen and oxygen atoms in total. The van der Waals surface area contributed by atoms with E-state index in [1.54, 1.807) is 13.8 Å². The van der Waals surface area contributed by atoms with Crippen LogP contribution < -0.4 is 10.5 Å². The molecule has 0 radical (unpaired) electrons. The number of aromatic nitrogens is 2. The first-order valence-corrected chi connectivity index (χ1v) is 13.2. The maximum atomic E-state index is 15.1. The van der Waals surface area contributed by atoms with Crippen molar-refractivity contribution >= 4 is 16.1 Å². The standard InChI is InChI=1S/C24H36FN3O.H2O4S/c1-5-7-9-11-15-27(16-12-10-8-6-2)23-14-13-21(18-22(23)25)28-20(4)26-19(3)17-24(28)29;1-5(2,3)4/h13-14,17-18H,5-12,15-16H2,1-4H3;(H2,1,2,3,4). The monoisotopic (exact) mass is 499 g/mol. The average molecular weight is 500 g/mol. The normalized spacial score (nSPS) is 11.1. The predicted octanol–water partition coefficient (Wildman–Crippen LogP) is 5.30. The summed E-state index contributed by atoms with van der Waals surface area (Å²) in [6, 6.07) is 6.59. The highest BCUT2D eigenvalue weighted by atomic mass is 32.3. The summed E-state index contributed by atoms with van der Waals surface area (Å²) in [6.45, 7) is 9.70. The molecule has 2 rings (SSSR count). The fourth-order valence-electron chi connectivity index (χ4n) is 3.76. The third kappa shape index (κ3) is 11.2. The van der Waals surface area contributed by atoms with Crippen LogP contribution in [0.15, 0.2) is 29.1 Å². The van der Waals surface area contributed by atoms with Crippen molar-refractivity contribution < 1.29 is 21.9 Å². The van der Waals surface area contributed by atoms with Gasteiger partial charge in [-0.3, -0.25) is 18.5 Å². The van der Waals surface area contributed by atoms with Crippen LogP contribution in [0.5, 0.6) is 0 Å². The van der Waals surface area contributed by atoms with Gasteiger partial charge in [0.05, 0.1) is 11.4 Å². The van der Waals surface area contributed by atoms with Crippen LogP contribution in [0.25, 0.3) is 5.69 Å². The van der Waals surface area contributed by atoms with Crippen molar-refractivity contribution in [1.29, 1.82) is 0 Å². The van der Waals surface area contributed by atoms with Gasteiger partial charge in [0.1, 0.15) is 11.6 Å². The Hall–Kier alpha value is -2.30. The molecule has 0 aliphatic rings. The second-order valence-corrected chi connectivity index (χ2v) is 9.21. The molecular formula is C24H38FN3O5S. The second kappa shape index (κ2) is 14.9. The van der Waals surface area contributed by atoms with Gasteiger partial charge in [-0.15, -0.1) is 0 Å². The summed E-state index contributed by atoms with van der Waals surface area (Å²) >= 11 is 0. The summed E-state index contributed by atoms with van der Waals surface area (Å²) < 4.78 is 48.2. The van der Waals surface area contributed by atoms with Crippen LogP contribution in [0.3, 0.4) is 0 Å². The maximum absolute atomic E-state index is 15.1. The zero-order valence-corrected chi connectivity index (χ0v) is 21.4. The third-order valence-corrected chi connectivity index (χ3v) is 5.31. The molecule has 1 aromatic heterocycles. The van der Waals surface area contributed by atoms with Crippen LogP contribution >= 0.6 is 0 Å². The predicted molar refractivity (Wildman–Crippen MR) is 134 cm³/mol.